The summed E-state index contributed by atoms with van der Waals surface area (Å²) in [6, 6.07) is 3.85. The molecule has 5 heteroatoms. The number of benzene rings is 1. The first-order valence-corrected chi connectivity index (χ1v) is 5.33. The number of hydrogen-bond donors (Lipinski definition) is 0. The van der Waals surface area contributed by atoms with E-state index in [2.05, 4.69) is 0 Å². The van der Waals surface area contributed by atoms with Crippen LogP contribution in [-0.4, -0.2) is 6.54 Å². The minimum atomic E-state index is -4.38. The fourth-order valence-electron chi connectivity index (χ4n) is 1.75. The quantitative estimate of drug-likeness (QED) is 0.723. The number of rotatable bonds is 1. The lowest BCUT2D eigenvalue weighted by Crippen LogP contribution is -2.14. The zero-order valence-corrected chi connectivity index (χ0v) is 9.15. The summed E-state index contributed by atoms with van der Waals surface area (Å²) in [4.78, 5) is 1.92. The molecule has 1 aromatic carbocycles. The third-order valence-corrected chi connectivity index (χ3v) is 2.86. The van der Waals surface area contributed by atoms with Crippen LogP contribution in [-0.2, 0) is 6.18 Å². The van der Waals surface area contributed by atoms with E-state index < -0.39 is 11.7 Å². The zero-order valence-electron chi connectivity index (χ0n) is 8.39. The lowest BCUT2D eigenvalue weighted by Gasteiger charge is -2.18. The van der Waals surface area contributed by atoms with Crippen LogP contribution in [0.2, 0.25) is 5.02 Å². The summed E-state index contributed by atoms with van der Waals surface area (Å²) in [5.74, 6) is 0. The van der Waals surface area contributed by atoms with Crippen LogP contribution in [0, 0.1) is 6.54 Å². The molecule has 1 aliphatic rings. The molecule has 87 valence electrons. The number of halogens is 4. The molecule has 1 nitrogen and oxygen atoms in total. The molecular weight excluding hydrogens is 239 g/mol. The second-order valence-corrected chi connectivity index (χ2v) is 4.09. The van der Waals surface area contributed by atoms with Crippen molar-refractivity contribution < 1.29 is 13.2 Å². The summed E-state index contributed by atoms with van der Waals surface area (Å²) in [6.07, 6.45) is -2.40. The second kappa shape index (κ2) is 4.17. The Morgan fingerprint density at radius 2 is 2.00 bits per heavy atom. The van der Waals surface area contributed by atoms with Gasteiger partial charge in [0.2, 0.25) is 0 Å². The first-order chi connectivity index (χ1) is 7.48. The third kappa shape index (κ3) is 2.26. The molecule has 1 aromatic rings. The summed E-state index contributed by atoms with van der Waals surface area (Å²) < 4.78 is 37.4. The summed E-state index contributed by atoms with van der Waals surface area (Å²) >= 11 is 5.63. The Kier molecular flexibility index (Phi) is 3.02. The average molecular weight is 249 g/mol. The van der Waals surface area contributed by atoms with Gasteiger partial charge in [-0.25, -0.2) is 0 Å². The van der Waals surface area contributed by atoms with Gasteiger partial charge in [-0.1, -0.05) is 11.6 Å². The Morgan fingerprint density at radius 1 is 1.25 bits per heavy atom. The standard InChI is InChI=1S/C11H10ClF3N/c12-10-7-8(16-5-1-2-6-16)3-4-9(10)11(13,14)15/h3-5,7H,1-2,6H2. The van der Waals surface area contributed by atoms with Crippen molar-refractivity contribution in [2.24, 2.45) is 0 Å². The van der Waals surface area contributed by atoms with E-state index in [0.29, 0.717) is 0 Å². The highest BCUT2D eigenvalue weighted by molar-refractivity contribution is 6.31. The van der Waals surface area contributed by atoms with Crippen molar-refractivity contribution in [3.05, 3.63) is 35.3 Å². The number of alkyl halides is 3. The van der Waals surface area contributed by atoms with Gasteiger partial charge in [0.25, 0.3) is 0 Å². The van der Waals surface area contributed by atoms with E-state index in [0.717, 1.165) is 31.1 Å². The minimum absolute atomic E-state index is 0.245. The molecule has 16 heavy (non-hydrogen) atoms. The summed E-state index contributed by atoms with van der Waals surface area (Å²) in [7, 11) is 0. The largest absolute Gasteiger partial charge is 0.417 e. The topological polar surface area (TPSA) is 3.24 Å². The van der Waals surface area contributed by atoms with Gasteiger partial charge < -0.3 is 4.90 Å². The summed E-state index contributed by atoms with van der Waals surface area (Å²) in [5, 5.41) is -0.245. The molecule has 0 spiro atoms. The van der Waals surface area contributed by atoms with E-state index in [1.165, 1.54) is 12.1 Å². The minimum Gasteiger partial charge on any atom is -0.366 e. The van der Waals surface area contributed by atoms with Crippen molar-refractivity contribution in [2.45, 2.75) is 19.0 Å². The van der Waals surface area contributed by atoms with Gasteiger partial charge >= 0.3 is 6.18 Å². The Labute approximate surface area is 96.8 Å². The molecule has 1 radical (unpaired) electrons. The van der Waals surface area contributed by atoms with Crippen LogP contribution in [0.15, 0.2) is 18.2 Å². The van der Waals surface area contributed by atoms with Crippen molar-refractivity contribution in [3.63, 3.8) is 0 Å². The van der Waals surface area contributed by atoms with E-state index in [4.69, 9.17) is 11.6 Å². The molecule has 1 fully saturated rings. The lowest BCUT2D eigenvalue weighted by molar-refractivity contribution is -0.137. The maximum Gasteiger partial charge on any atom is 0.417 e. The highest BCUT2D eigenvalue weighted by atomic mass is 35.5. The Bertz CT molecular complexity index is 383. The van der Waals surface area contributed by atoms with E-state index in [1.807, 2.05) is 11.4 Å². The van der Waals surface area contributed by atoms with Crippen LogP contribution < -0.4 is 4.90 Å². The molecule has 1 heterocycles. The van der Waals surface area contributed by atoms with Crippen LogP contribution in [0.4, 0.5) is 18.9 Å². The summed E-state index contributed by atoms with van der Waals surface area (Å²) in [5.41, 5.74) is -0.0624. The molecule has 2 rings (SSSR count). The smallest absolute Gasteiger partial charge is 0.366 e. The zero-order chi connectivity index (χ0) is 11.8. The van der Waals surface area contributed by atoms with Crippen LogP contribution in [0.3, 0.4) is 0 Å². The normalized spacial score (nSPS) is 16.9. The lowest BCUT2D eigenvalue weighted by atomic mass is 10.2. The van der Waals surface area contributed by atoms with Crippen molar-refractivity contribution in [1.82, 2.24) is 0 Å². The Hall–Kier alpha value is -0.900. The van der Waals surface area contributed by atoms with Crippen LogP contribution in [0.5, 0.6) is 0 Å². The summed E-state index contributed by atoms with van der Waals surface area (Å²) in [6.45, 7) is 2.81. The molecule has 0 saturated carbocycles. The van der Waals surface area contributed by atoms with Gasteiger partial charge in [0.1, 0.15) is 0 Å². The molecule has 0 aliphatic carbocycles. The maximum absolute atomic E-state index is 12.5. The highest BCUT2D eigenvalue weighted by Gasteiger charge is 2.33. The van der Waals surface area contributed by atoms with Gasteiger partial charge in [-0.3, -0.25) is 0 Å². The fraction of sp³-hybridized carbons (Fsp3) is 0.364. The van der Waals surface area contributed by atoms with Gasteiger partial charge in [-0.05, 0) is 31.0 Å². The van der Waals surface area contributed by atoms with E-state index in [-0.39, 0.29) is 5.02 Å². The van der Waals surface area contributed by atoms with Crippen molar-refractivity contribution in [3.8, 4) is 0 Å². The Balaban J connectivity index is 2.29. The number of nitrogens with zero attached hydrogens (tertiary/aromatic N) is 1. The SMILES string of the molecule is FC(F)(F)c1ccc(N2[CH]CCC2)cc1Cl. The van der Waals surface area contributed by atoms with Crippen LogP contribution >= 0.6 is 11.6 Å². The molecular formula is C11H10ClF3N. The van der Waals surface area contributed by atoms with Gasteiger partial charge in [0, 0.05) is 18.8 Å². The first kappa shape index (κ1) is 11.6. The molecule has 0 unspecified atom stereocenters. The number of anilines is 1. The van der Waals surface area contributed by atoms with Crippen molar-refractivity contribution >= 4 is 17.3 Å². The molecule has 1 saturated heterocycles. The maximum atomic E-state index is 12.5. The molecule has 0 atom stereocenters. The molecule has 0 aromatic heterocycles. The second-order valence-electron chi connectivity index (χ2n) is 3.68. The van der Waals surface area contributed by atoms with E-state index >= 15 is 0 Å². The molecule has 0 bridgehead atoms. The van der Waals surface area contributed by atoms with Crippen LogP contribution in [0.1, 0.15) is 18.4 Å². The number of hydrogen-bond acceptors (Lipinski definition) is 1. The molecule has 1 aliphatic heterocycles. The Morgan fingerprint density at radius 3 is 2.50 bits per heavy atom. The van der Waals surface area contributed by atoms with Crippen molar-refractivity contribution in [2.75, 3.05) is 11.4 Å². The van der Waals surface area contributed by atoms with E-state index in [9.17, 15) is 13.2 Å². The third-order valence-electron chi connectivity index (χ3n) is 2.54. The fourth-order valence-corrected chi connectivity index (χ4v) is 2.03. The van der Waals surface area contributed by atoms with Gasteiger partial charge in [-0.15, -0.1) is 0 Å². The molecule has 0 N–H and O–H groups in total. The van der Waals surface area contributed by atoms with Gasteiger partial charge in [0.15, 0.2) is 0 Å². The average Bonchev–Trinajstić information content (AvgIpc) is 2.68. The predicted molar refractivity (Wildman–Crippen MR) is 57.3 cm³/mol. The molecule has 0 amide bonds. The first-order valence-electron chi connectivity index (χ1n) is 4.95. The monoisotopic (exact) mass is 248 g/mol. The van der Waals surface area contributed by atoms with Crippen LogP contribution in [0.25, 0.3) is 0 Å². The van der Waals surface area contributed by atoms with E-state index in [1.54, 1.807) is 0 Å². The van der Waals surface area contributed by atoms with Gasteiger partial charge in [0.05, 0.1) is 10.6 Å². The predicted octanol–water partition coefficient (Wildman–Crippen LogP) is 4.12. The van der Waals surface area contributed by atoms with Gasteiger partial charge in [-0.2, -0.15) is 13.2 Å². The van der Waals surface area contributed by atoms with Crippen molar-refractivity contribution in [1.29, 1.82) is 0 Å². The highest BCUT2D eigenvalue weighted by Crippen LogP contribution is 2.37.